The summed E-state index contributed by atoms with van der Waals surface area (Å²) in [6, 6.07) is 22.5. The largest absolute Gasteiger partial charge is 0.326 e. The second-order valence-corrected chi connectivity index (χ2v) is 9.59. The number of halogens is 1. The Bertz CT molecular complexity index is 1490. The fourth-order valence-electron chi connectivity index (χ4n) is 5.51. The quantitative estimate of drug-likeness (QED) is 0.287. The van der Waals surface area contributed by atoms with Crippen LogP contribution in [-0.2, 0) is 4.79 Å². The van der Waals surface area contributed by atoms with Gasteiger partial charge in [-0.15, -0.1) is 0 Å². The number of hydrogen-bond acceptors (Lipinski definition) is 3. The lowest BCUT2D eigenvalue weighted by molar-refractivity contribution is -0.124. The number of benzene rings is 3. The van der Waals surface area contributed by atoms with E-state index in [9.17, 15) is 14.0 Å². The van der Waals surface area contributed by atoms with Crippen LogP contribution in [0.3, 0.4) is 0 Å². The SMILES string of the molecule is CCN1C(=O)[C@@H](N(CC)C(=O)c2cccc(C)c2)[C@@H](c2ccc(F)cc2)c2c(C)nn(-c3ccccc3)c21.S.S. The van der Waals surface area contributed by atoms with Gasteiger partial charge in [-0.3, -0.25) is 14.5 Å². The lowest BCUT2D eigenvalue weighted by atomic mass is 9.80. The van der Waals surface area contributed by atoms with Crippen LogP contribution in [0.4, 0.5) is 10.2 Å². The average Bonchev–Trinajstić information content (AvgIpc) is 3.27. The van der Waals surface area contributed by atoms with Gasteiger partial charge in [-0.1, -0.05) is 48.0 Å². The van der Waals surface area contributed by atoms with Crippen molar-refractivity contribution in [3.63, 3.8) is 0 Å². The molecule has 1 aromatic heterocycles. The summed E-state index contributed by atoms with van der Waals surface area (Å²) in [5, 5.41) is 4.87. The van der Waals surface area contributed by atoms with Crippen molar-refractivity contribution >= 4 is 44.6 Å². The second-order valence-electron chi connectivity index (χ2n) is 9.59. The van der Waals surface area contributed by atoms with E-state index in [0.29, 0.717) is 24.5 Å². The summed E-state index contributed by atoms with van der Waals surface area (Å²) < 4.78 is 15.8. The monoisotopic (exact) mass is 578 g/mol. The van der Waals surface area contributed by atoms with Gasteiger partial charge in [0, 0.05) is 30.1 Å². The molecular weight excluding hydrogens is 543 g/mol. The molecular formula is C31H35FN4O2S2. The highest BCUT2D eigenvalue weighted by molar-refractivity contribution is 7.59. The van der Waals surface area contributed by atoms with E-state index in [2.05, 4.69) is 0 Å². The molecule has 0 saturated heterocycles. The smallest absolute Gasteiger partial charge is 0.254 e. The maximum Gasteiger partial charge on any atom is 0.254 e. The molecule has 210 valence electrons. The molecule has 2 atom stereocenters. The van der Waals surface area contributed by atoms with Crippen LogP contribution in [0.25, 0.3) is 5.69 Å². The van der Waals surface area contributed by atoms with Crippen LogP contribution in [0, 0.1) is 19.7 Å². The van der Waals surface area contributed by atoms with Crippen molar-refractivity contribution in [2.45, 2.75) is 39.7 Å². The van der Waals surface area contributed by atoms with Crippen molar-refractivity contribution < 1.29 is 14.0 Å². The first-order valence-electron chi connectivity index (χ1n) is 12.9. The minimum absolute atomic E-state index is 0. The average molecular weight is 579 g/mol. The third kappa shape index (κ3) is 5.40. The van der Waals surface area contributed by atoms with E-state index >= 15 is 0 Å². The summed E-state index contributed by atoms with van der Waals surface area (Å²) in [5.74, 6) is -0.593. The van der Waals surface area contributed by atoms with Crippen molar-refractivity contribution in [2.24, 2.45) is 0 Å². The van der Waals surface area contributed by atoms with E-state index in [1.807, 2.05) is 76.2 Å². The lowest BCUT2D eigenvalue weighted by Crippen LogP contribution is -2.57. The molecule has 5 rings (SSSR count). The van der Waals surface area contributed by atoms with Crippen molar-refractivity contribution in [3.8, 4) is 5.69 Å². The van der Waals surface area contributed by atoms with Gasteiger partial charge in [-0.25, -0.2) is 9.07 Å². The van der Waals surface area contributed by atoms with Crippen molar-refractivity contribution in [1.82, 2.24) is 14.7 Å². The molecule has 40 heavy (non-hydrogen) atoms. The molecule has 9 heteroatoms. The van der Waals surface area contributed by atoms with Crippen LogP contribution in [0.15, 0.2) is 78.9 Å². The topological polar surface area (TPSA) is 58.4 Å². The Morgan fingerprint density at radius 1 is 0.950 bits per heavy atom. The van der Waals surface area contributed by atoms with Crippen LogP contribution in [0.1, 0.15) is 52.5 Å². The highest BCUT2D eigenvalue weighted by atomic mass is 32.1. The minimum Gasteiger partial charge on any atom is -0.326 e. The molecule has 0 N–H and O–H groups in total. The van der Waals surface area contributed by atoms with Crippen LogP contribution < -0.4 is 4.90 Å². The molecule has 0 spiro atoms. The van der Waals surface area contributed by atoms with Crippen molar-refractivity contribution in [2.75, 3.05) is 18.0 Å². The number of para-hydroxylation sites is 1. The number of nitrogens with zero attached hydrogens (tertiary/aromatic N) is 4. The minimum atomic E-state index is -0.821. The van der Waals surface area contributed by atoms with E-state index in [4.69, 9.17) is 5.10 Å². The number of carbonyl (C=O) groups excluding carboxylic acids is 2. The Balaban J connectivity index is 0.00000220. The molecule has 2 heterocycles. The van der Waals surface area contributed by atoms with Gasteiger partial charge in [0.2, 0.25) is 0 Å². The van der Waals surface area contributed by atoms with Crippen molar-refractivity contribution in [3.05, 3.63) is 113 Å². The summed E-state index contributed by atoms with van der Waals surface area (Å²) >= 11 is 0. The number of rotatable bonds is 6. The van der Waals surface area contributed by atoms with Gasteiger partial charge in [0.15, 0.2) is 0 Å². The summed E-state index contributed by atoms with van der Waals surface area (Å²) in [6.07, 6.45) is 0. The molecule has 3 aromatic carbocycles. The highest BCUT2D eigenvalue weighted by Crippen LogP contribution is 2.45. The van der Waals surface area contributed by atoms with Crippen LogP contribution in [0.5, 0.6) is 0 Å². The third-order valence-corrected chi connectivity index (χ3v) is 7.23. The zero-order valence-electron chi connectivity index (χ0n) is 23.1. The Labute approximate surface area is 248 Å². The maximum atomic E-state index is 14.4. The fourth-order valence-corrected chi connectivity index (χ4v) is 5.51. The third-order valence-electron chi connectivity index (χ3n) is 7.23. The molecule has 2 amide bonds. The summed E-state index contributed by atoms with van der Waals surface area (Å²) in [7, 11) is 0. The Morgan fingerprint density at radius 3 is 2.23 bits per heavy atom. The summed E-state index contributed by atoms with van der Waals surface area (Å²) in [6.45, 7) is 8.41. The molecule has 6 nitrogen and oxygen atoms in total. The van der Waals surface area contributed by atoms with Crippen molar-refractivity contribution in [1.29, 1.82) is 0 Å². The predicted octanol–water partition coefficient (Wildman–Crippen LogP) is 5.88. The lowest BCUT2D eigenvalue weighted by Gasteiger charge is -2.43. The molecule has 1 aliphatic heterocycles. The Morgan fingerprint density at radius 2 is 1.62 bits per heavy atom. The standard InChI is InChI=1S/C31H31FN4O2.2H2S/c1-5-34(30(37)23-12-10-11-20(3)19-23)28-27(22-15-17-24(32)18-16-22)26-21(4)33-36(25-13-8-7-9-14-25)29(26)35(6-2)31(28)38;;/h7-19,27-28H,5-6H2,1-4H3;2*1H2/t27-,28-;;/m0../s1. The van der Waals surface area contributed by atoms with E-state index in [1.54, 1.807) is 32.7 Å². The molecule has 0 aliphatic carbocycles. The highest BCUT2D eigenvalue weighted by Gasteiger charge is 2.48. The molecule has 0 radical (unpaired) electrons. The van der Waals surface area contributed by atoms with Gasteiger partial charge >= 0.3 is 0 Å². The van der Waals surface area contributed by atoms with Crippen LogP contribution >= 0.6 is 27.0 Å². The number of aromatic nitrogens is 2. The molecule has 0 unspecified atom stereocenters. The number of amides is 2. The van der Waals surface area contributed by atoms with Gasteiger partial charge in [0.1, 0.15) is 17.7 Å². The predicted molar refractivity (Wildman–Crippen MR) is 167 cm³/mol. The zero-order valence-corrected chi connectivity index (χ0v) is 25.1. The maximum absolute atomic E-state index is 14.4. The molecule has 0 bridgehead atoms. The molecule has 4 aromatic rings. The van der Waals surface area contributed by atoms with E-state index in [-0.39, 0.29) is 44.6 Å². The van der Waals surface area contributed by atoms with Gasteiger partial charge in [-0.2, -0.15) is 32.1 Å². The second kappa shape index (κ2) is 12.7. The number of likely N-dealkylation sites (N-methyl/N-ethyl adjacent to an activating group) is 2. The van der Waals surface area contributed by atoms with Crippen LogP contribution in [-0.4, -0.2) is 45.6 Å². The van der Waals surface area contributed by atoms with E-state index in [0.717, 1.165) is 28.1 Å². The molecule has 0 saturated carbocycles. The van der Waals surface area contributed by atoms with Gasteiger partial charge in [0.05, 0.1) is 11.4 Å². The van der Waals surface area contributed by atoms with Crippen LogP contribution in [0.2, 0.25) is 0 Å². The molecule has 1 aliphatic rings. The fraction of sp³-hybridized carbons (Fsp3) is 0.258. The normalized spacial score (nSPS) is 16.0. The van der Waals surface area contributed by atoms with Gasteiger partial charge in [0.25, 0.3) is 11.8 Å². The first-order valence-corrected chi connectivity index (χ1v) is 12.9. The first kappa shape index (κ1) is 31.0. The van der Waals surface area contributed by atoms with E-state index in [1.165, 1.54) is 12.1 Å². The Kier molecular flexibility index (Phi) is 9.87. The first-order chi connectivity index (χ1) is 18.3. The number of carbonyl (C=O) groups is 2. The number of hydrogen-bond donors (Lipinski definition) is 0. The number of aryl methyl sites for hydroxylation is 2. The van der Waals surface area contributed by atoms with E-state index < -0.39 is 12.0 Å². The summed E-state index contributed by atoms with van der Waals surface area (Å²) in [5.41, 5.74) is 4.71. The zero-order chi connectivity index (χ0) is 27.0. The van der Waals surface area contributed by atoms with Gasteiger partial charge < -0.3 is 4.90 Å². The summed E-state index contributed by atoms with van der Waals surface area (Å²) in [4.78, 5) is 31.6. The van der Waals surface area contributed by atoms with Gasteiger partial charge in [-0.05, 0) is 69.7 Å². The number of fused-ring (bicyclic) bond motifs is 1. The molecule has 0 fully saturated rings. The Hall–Kier alpha value is -3.56. The number of anilines is 1.